The fraction of sp³-hybridized carbons (Fsp3) is 0.154. The van der Waals surface area contributed by atoms with Crippen LogP contribution in [0.4, 0.5) is 0 Å². The molecule has 2 aromatic rings. The second-order valence-corrected chi connectivity index (χ2v) is 4.25. The van der Waals surface area contributed by atoms with Gasteiger partial charge in [-0.25, -0.2) is 0 Å². The first-order valence-corrected chi connectivity index (χ1v) is 6.16. The Hall–Kier alpha value is -1.55. The van der Waals surface area contributed by atoms with Crippen molar-refractivity contribution in [3.63, 3.8) is 0 Å². The molecule has 3 nitrogen and oxygen atoms in total. The van der Waals surface area contributed by atoms with Gasteiger partial charge in [-0.3, -0.25) is 4.84 Å². The lowest BCUT2D eigenvalue weighted by atomic mass is 10.3. The van der Waals surface area contributed by atoms with Crippen LogP contribution < -0.4 is 14.3 Å². The van der Waals surface area contributed by atoms with E-state index in [9.17, 15) is 0 Å². The van der Waals surface area contributed by atoms with Gasteiger partial charge in [0.25, 0.3) is 0 Å². The van der Waals surface area contributed by atoms with Crippen molar-refractivity contribution in [1.29, 1.82) is 0 Å². The number of aromatic nitrogens is 1. The zero-order chi connectivity index (χ0) is 12.1. The van der Waals surface area contributed by atoms with Gasteiger partial charge in [-0.1, -0.05) is 15.9 Å². The van der Waals surface area contributed by atoms with Gasteiger partial charge in [0.1, 0.15) is 5.75 Å². The third kappa shape index (κ3) is 3.20. The molecule has 1 heterocycles. The van der Waals surface area contributed by atoms with Crippen molar-refractivity contribution >= 4 is 15.9 Å². The fourth-order valence-electron chi connectivity index (χ4n) is 1.36. The summed E-state index contributed by atoms with van der Waals surface area (Å²) >= 11 is 3.38. The SMILES string of the molecule is CCO[n+]1ccccc1Oc1ccc(Br)cc1. The molecule has 0 atom stereocenters. The number of ether oxygens (including phenoxy) is 1. The van der Waals surface area contributed by atoms with Gasteiger partial charge in [0, 0.05) is 15.3 Å². The van der Waals surface area contributed by atoms with Crippen LogP contribution >= 0.6 is 15.9 Å². The quantitative estimate of drug-likeness (QED) is 0.809. The molecule has 0 fully saturated rings. The lowest BCUT2D eigenvalue weighted by molar-refractivity contribution is -0.892. The summed E-state index contributed by atoms with van der Waals surface area (Å²) in [4.78, 5) is 5.42. The molecule has 0 spiro atoms. The van der Waals surface area contributed by atoms with Crippen LogP contribution in [0.1, 0.15) is 6.92 Å². The molecule has 0 saturated carbocycles. The minimum absolute atomic E-state index is 0.589. The number of nitrogens with zero attached hydrogens (tertiary/aromatic N) is 1. The second-order valence-electron chi connectivity index (χ2n) is 3.34. The van der Waals surface area contributed by atoms with Crippen LogP contribution in [-0.4, -0.2) is 6.61 Å². The normalized spacial score (nSPS) is 10.0. The highest BCUT2D eigenvalue weighted by Crippen LogP contribution is 2.20. The maximum Gasteiger partial charge on any atom is 0.422 e. The Morgan fingerprint density at radius 2 is 1.88 bits per heavy atom. The average molecular weight is 295 g/mol. The van der Waals surface area contributed by atoms with E-state index in [1.807, 2.05) is 55.6 Å². The molecule has 88 valence electrons. The van der Waals surface area contributed by atoms with Crippen molar-refractivity contribution in [3.05, 3.63) is 53.1 Å². The van der Waals surface area contributed by atoms with Crippen LogP contribution in [-0.2, 0) is 0 Å². The molecule has 1 aromatic carbocycles. The standard InChI is InChI=1S/C13H13BrNO2/c1-2-16-15-10-4-3-5-13(15)17-12-8-6-11(14)7-9-12/h3-10H,2H2,1H3/q+1. The predicted octanol–water partition coefficient (Wildman–Crippen LogP) is 2.98. The van der Waals surface area contributed by atoms with Crippen molar-refractivity contribution in [2.75, 3.05) is 6.61 Å². The maximum absolute atomic E-state index is 5.73. The van der Waals surface area contributed by atoms with Crippen LogP contribution in [0.15, 0.2) is 53.1 Å². The molecule has 0 radical (unpaired) electrons. The molecule has 0 aliphatic rings. The van der Waals surface area contributed by atoms with Crippen LogP contribution in [0.25, 0.3) is 0 Å². The zero-order valence-electron chi connectivity index (χ0n) is 9.47. The van der Waals surface area contributed by atoms with Gasteiger partial charge in [-0.15, -0.1) is 0 Å². The largest absolute Gasteiger partial charge is 0.422 e. The summed E-state index contributed by atoms with van der Waals surface area (Å²) in [5.74, 6) is 1.42. The molecule has 17 heavy (non-hydrogen) atoms. The second kappa shape index (κ2) is 5.68. The van der Waals surface area contributed by atoms with E-state index in [2.05, 4.69) is 15.9 Å². The highest BCUT2D eigenvalue weighted by molar-refractivity contribution is 9.10. The summed E-state index contributed by atoms with van der Waals surface area (Å²) in [6.07, 6.45) is 1.82. The minimum Gasteiger partial charge on any atom is -0.402 e. The number of benzene rings is 1. The predicted molar refractivity (Wildman–Crippen MR) is 68.0 cm³/mol. The molecule has 0 bridgehead atoms. The van der Waals surface area contributed by atoms with Crippen molar-refractivity contribution in [1.82, 2.24) is 0 Å². The molecule has 0 aliphatic carbocycles. The molecule has 0 saturated heterocycles. The molecule has 0 amide bonds. The number of hydrogen-bond acceptors (Lipinski definition) is 2. The fourth-order valence-corrected chi connectivity index (χ4v) is 1.63. The van der Waals surface area contributed by atoms with Gasteiger partial charge >= 0.3 is 5.88 Å². The van der Waals surface area contributed by atoms with Crippen LogP contribution in [0.2, 0.25) is 0 Å². The molecule has 0 aliphatic heterocycles. The summed E-state index contributed by atoms with van der Waals surface area (Å²) in [5, 5.41) is 0. The van der Waals surface area contributed by atoms with Gasteiger partial charge in [-0.2, -0.15) is 0 Å². The molecule has 1 aromatic heterocycles. The Kier molecular flexibility index (Phi) is 3.98. The zero-order valence-corrected chi connectivity index (χ0v) is 11.1. The lowest BCUT2D eigenvalue weighted by Gasteiger charge is -2.03. The Morgan fingerprint density at radius 1 is 1.12 bits per heavy atom. The monoisotopic (exact) mass is 294 g/mol. The molecule has 2 rings (SSSR count). The topological polar surface area (TPSA) is 22.3 Å². The van der Waals surface area contributed by atoms with Crippen LogP contribution in [0.5, 0.6) is 11.6 Å². The maximum atomic E-state index is 5.73. The van der Waals surface area contributed by atoms with E-state index in [-0.39, 0.29) is 0 Å². The number of halogens is 1. The minimum atomic E-state index is 0.589. The van der Waals surface area contributed by atoms with Crippen molar-refractivity contribution in [2.45, 2.75) is 6.92 Å². The van der Waals surface area contributed by atoms with Gasteiger partial charge in [0.05, 0.1) is 6.07 Å². The van der Waals surface area contributed by atoms with E-state index in [1.54, 1.807) is 4.73 Å². The van der Waals surface area contributed by atoms with Gasteiger partial charge < -0.3 is 4.74 Å². The molecule has 0 N–H and O–H groups in total. The summed E-state index contributed by atoms with van der Waals surface area (Å²) in [7, 11) is 0. The van der Waals surface area contributed by atoms with Crippen molar-refractivity contribution in [3.8, 4) is 11.6 Å². The lowest BCUT2D eigenvalue weighted by Crippen LogP contribution is -2.43. The number of pyridine rings is 1. The smallest absolute Gasteiger partial charge is 0.402 e. The van der Waals surface area contributed by atoms with Gasteiger partial charge in [-0.05, 0) is 37.3 Å². The summed E-state index contributed by atoms with van der Waals surface area (Å²) < 4.78 is 8.37. The number of hydrogen-bond donors (Lipinski definition) is 0. The first-order valence-electron chi connectivity index (χ1n) is 5.37. The molecule has 4 heteroatoms. The molecular formula is C13H13BrNO2+. The van der Waals surface area contributed by atoms with E-state index in [0.717, 1.165) is 10.2 Å². The molecular weight excluding hydrogens is 282 g/mol. The average Bonchev–Trinajstić information content (AvgIpc) is 2.35. The van der Waals surface area contributed by atoms with E-state index in [0.29, 0.717) is 12.5 Å². The Morgan fingerprint density at radius 3 is 2.59 bits per heavy atom. The Balaban J connectivity index is 2.20. The highest BCUT2D eigenvalue weighted by Gasteiger charge is 2.13. The van der Waals surface area contributed by atoms with E-state index in [1.165, 1.54) is 0 Å². The number of rotatable bonds is 4. The van der Waals surface area contributed by atoms with E-state index >= 15 is 0 Å². The third-order valence-electron chi connectivity index (χ3n) is 2.09. The van der Waals surface area contributed by atoms with Crippen molar-refractivity contribution < 1.29 is 14.3 Å². The van der Waals surface area contributed by atoms with Crippen LogP contribution in [0, 0.1) is 0 Å². The Labute approximate surface area is 109 Å². The van der Waals surface area contributed by atoms with Gasteiger partial charge in [0.15, 0.2) is 6.61 Å². The van der Waals surface area contributed by atoms with E-state index < -0.39 is 0 Å². The summed E-state index contributed by atoms with van der Waals surface area (Å²) in [6, 6.07) is 13.3. The summed E-state index contributed by atoms with van der Waals surface area (Å²) in [6.45, 7) is 2.52. The first kappa shape index (κ1) is 11.9. The molecule has 0 unspecified atom stereocenters. The van der Waals surface area contributed by atoms with Crippen molar-refractivity contribution in [2.24, 2.45) is 0 Å². The van der Waals surface area contributed by atoms with Gasteiger partial charge in [0.2, 0.25) is 6.20 Å². The third-order valence-corrected chi connectivity index (χ3v) is 2.62. The highest BCUT2D eigenvalue weighted by atomic mass is 79.9. The first-order chi connectivity index (χ1) is 8.29. The Bertz CT molecular complexity index is 485. The van der Waals surface area contributed by atoms with Crippen LogP contribution in [0.3, 0.4) is 0 Å². The van der Waals surface area contributed by atoms with E-state index in [4.69, 9.17) is 9.57 Å². The summed E-state index contributed by atoms with van der Waals surface area (Å²) in [5.41, 5.74) is 0.